The summed E-state index contributed by atoms with van der Waals surface area (Å²) < 4.78 is 82.7. The van der Waals surface area contributed by atoms with E-state index in [1.165, 1.54) is 0 Å². The van der Waals surface area contributed by atoms with Crippen LogP contribution in [0, 0.1) is 0 Å². The summed E-state index contributed by atoms with van der Waals surface area (Å²) in [5.41, 5.74) is -5.76. The molecule has 0 saturated heterocycles. The van der Waals surface area contributed by atoms with Crippen LogP contribution in [-0.4, -0.2) is 58.2 Å². The number of hydrogen-bond donors (Lipinski definition) is 0. The largest absolute Gasteiger partial charge is 0.524 e. The molecule has 0 atom stereocenters. The number of hydrogen-bond acceptors (Lipinski definition) is 7. The summed E-state index contributed by atoms with van der Waals surface area (Å²) in [4.78, 5) is 3.52. The summed E-state index contributed by atoms with van der Waals surface area (Å²) in [6.45, 7) is 0.761. The van der Waals surface area contributed by atoms with Crippen LogP contribution in [-0.2, 0) is 23.9 Å². The molecule has 0 unspecified atom stereocenters. The zero-order valence-electron chi connectivity index (χ0n) is 10.4. The highest BCUT2D eigenvalue weighted by Gasteiger charge is 2.50. The molecule has 1 aliphatic heterocycles. The Labute approximate surface area is 114 Å². The van der Waals surface area contributed by atoms with Crippen LogP contribution in [0.4, 0.5) is 13.2 Å². The second-order valence-electron chi connectivity index (χ2n) is 4.09. The van der Waals surface area contributed by atoms with Gasteiger partial charge in [0.05, 0.1) is 12.4 Å². The molecule has 0 saturated carbocycles. The fraction of sp³-hybridized carbons (Fsp3) is 0.750. The highest BCUT2D eigenvalue weighted by atomic mass is 32.3. The van der Waals surface area contributed by atoms with Gasteiger partial charge in [0.25, 0.3) is 10.1 Å². The molecule has 0 bridgehead atoms. The van der Waals surface area contributed by atoms with E-state index < -0.39 is 31.5 Å². The standard InChI is InChI=1S/C8H13F3N2O5S2/c1-12-4-5-13(7-12)3-2-6-19(14,15)18-20(16,17)8(9,10)11/h4-5H,2-3,6-7H2,1H3. The summed E-state index contributed by atoms with van der Waals surface area (Å²) in [6, 6.07) is 0. The Morgan fingerprint density at radius 2 is 1.80 bits per heavy atom. The van der Waals surface area contributed by atoms with Crippen molar-refractivity contribution in [3.63, 3.8) is 0 Å². The number of alkyl halides is 3. The zero-order chi connectivity index (χ0) is 15.6. The predicted molar refractivity (Wildman–Crippen MR) is 62.9 cm³/mol. The molecule has 0 aromatic heterocycles. The number of nitrogens with zero attached hydrogens (tertiary/aromatic N) is 2. The molecule has 0 fully saturated rings. The van der Waals surface area contributed by atoms with Crippen molar-refractivity contribution in [1.29, 1.82) is 0 Å². The van der Waals surface area contributed by atoms with Gasteiger partial charge >= 0.3 is 15.6 Å². The Morgan fingerprint density at radius 1 is 1.20 bits per heavy atom. The van der Waals surface area contributed by atoms with Gasteiger partial charge in [-0.05, 0) is 6.42 Å². The molecular formula is C8H13F3N2O5S2. The summed E-state index contributed by atoms with van der Waals surface area (Å²) in [5.74, 6) is -0.823. The Kier molecular flexibility index (Phi) is 4.92. The van der Waals surface area contributed by atoms with Crippen LogP contribution in [0.15, 0.2) is 12.4 Å². The van der Waals surface area contributed by atoms with Gasteiger partial charge in [0.2, 0.25) is 0 Å². The molecule has 0 aliphatic carbocycles. The Balaban J connectivity index is 2.49. The van der Waals surface area contributed by atoms with Gasteiger partial charge in [-0.25, -0.2) is 0 Å². The molecule has 0 spiro atoms. The normalized spacial score (nSPS) is 17.0. The van der Waals surface area contributed by atoms with E-state index in [0.29, 0.717) is 6.67 Å². The van der Waals surface area contributed by atoms with E-state index in [4.69, 9.17) is 0 Å². The molecule has 1 aliphatic rings. The molecule has 7 nitrogen and oxygen atoms in total. The van der Waals surface area contributed by atoms with E-state index in [1.807, 2.05) is 0 Å². The van der Waals surface area contributed by atoms with Crippen LogP contribution in [0.25, 0.3) is 0 Å². The maximum absolute atomic E-state index is 12.0. The van der Waals surface area contributed by atoms with Gasteiger partial charge in [0.15, 0.2) is 0 Å². The van der Waals surface area contributed by atoms with Crippen LogP contribution in [0.5, 0.6) is 0 Å². The number of rotatable bonds is 6. The molecule has 0 aromatic carbocycles. The van der Waals surface area contributed by atoms with Crippen molar-refractivity contribution >= 4 is 20.2 Å². The third kappa shape index (κ3) is 4.83. The first-order chi connectivity index (χ1) is 8.93. The van der Waals surface area contributed by atoms with Crippen LogP contribution in [0.1, 0.15) is 6.42 Å². The Morgan fingerprint density at radius 3 is 2.25 bits per heavy atom. The molecule has 1 heterocycles. The molecular weight excluding hydrogens is 325 g/mol. The fourth-order valence-electron chi connectivity index (χ4n) is 1.39. The minimum absolute atomic E-state index is 0.0616. The lowest BCUT2D eigenvalue weighted by atomic mass is 10.4. The van der Waals surface area contributed by atoms with E-state index >= 15 is 0 Å². The van der Waals surface area contributed by atoms with Crippen molar-refractivity contribution in [2.75, 3.05) is 26.0 Å². The molecule has 0 N–H and O–H groups in total. The first-order valence-electron chi connectivity index (χ1n) is 5.31. The smallest absolute Gasteiger partial charge is 0.362 e. The summed E-state index contributed by atoms with van der Waals surface area (Å²) in [5, 5.41) is 0. The second kappa shape index (κ2) is 5.77. The van der Waals surface area contributed by atoms with Gasteiger partial charge in [0, 0.05) is 26.0 Å². The van der Waals surface area contributed by atoms with Gasteiger partial charge in [0.1, 0.15) is 0 Å². The molecule has 1 rings (SSSR count). The Hall–Kier alpha value is -1.01. The van der Waals surface area contributed by atoms with E-state index in [1.54, 1.807) is 29.2 Å². The van der Waals surface area contributed by atoms with Gasteiger partial charge in [-0.2, -0.15) is 30.0 Å². The average molecular weight is 338 g/mol. The van der Waals surface area contributed by atoms with E-state index in [9.17, 15) is 30.0 Å². The van der Waals surface area contributed by atoms with Crippen molar-refractivity contribution in [2.24, 2.45) is 0 Å². The third-order valence-electron chi connectivity index (χ3n) is 2.25. The molecule has 20 heavy (non-hydrogen) atoms. The maximum Gasteiger partial charge on any atom is 0.524 e. The molecule has 0 amide bonds. The quantitative estimate of drug-likeness (QED) is 0.642. The first-order valence-corrected chi connectivity index (χ1v) is 8.29. The molecule has 118 valence electrons. The average Bonchev–Trinajstić information content (AvgIpc) is 2.60. The van der Waals surface area contributed by atoms with Crippen LogP contribution in [0.3, 0.4) is 0 Å². The van der Waals surface area contributed by atoms with E-state index in [2.05, 4.69) is 3.63 Å². The van der Waals surface area contributed by atoms with E-state index in [-0.39, 0.29) is 13.0 Å². The van der Waals surface area contributed by atoms with Crippen molar-refractivity contribution in [2.45, 2.75) is 11.9 Å². The van der Waals surface area contributed by atoms with Crippen molar-refractivity contribution < 1.29 is 33.6 Å². The molecule has 12 heteroatoms. The van der Waals surface area contributed by atoms with Crippen LogP contribution >= 0.6 is 0 Å². The monoisotopic (exact) mass is 338 g/mol. The lowest BCUT2D eigenvalue weighted by Gasteiger charge is -2.17. The van der Waals surface area contributed by atoms with Gasteiger partial charge in [-0.15, -0.1) is 3.63 Å². The Bertz CT molecular complexity index is 569. The molecule has 0 aromatic rings. The third-order valence-corrected chi connectivity index (χ3v) is 5.15. The summed E-state index contributed by atoms with van der Waals surface area (Å²) in [6.07, 6.45) is 3.35. The topological polar surface area (TPSA) is 84.0 Å². The van der Waals surface area contributed by atoms with Gasteiger partial charge in [-0.1, -0.05) is 0 Å². The predicted octanol–water partition coefficient (Wildman–Crippen LogP) is 0.249. The van der Waals surface area contributed by atoms with Gasteiger partial charge < -0.3 is 9.80 Å². The van der Waals surface area contributed by atoms with Crippen molar-refractivity contribution in [1.82, 2.24) is 9.80 Å². The van der Waals surface area contributed by atoms with Gasteiger partial charge in [-0.3, -0.25) is 0 Å². The second-order valence-corrected chi connectivity index (χ2v) is 7.53. The van der Waals surface area contributed by atoms with Crippen LogP contribution < -0.4 is 0 Å². The zero-order valence-corrected chi connectivity index (χ0v) is 12.0. The SMILES string of the molecule is CN1C=CN(CCCS(=O)(=O)OS(=O)(=O)C(F)(F)F)C1. The van der Waals surface area contributed by atoms with Crippen molar-refractivity contribution in [3.8, 4) is 0 Å². The maximum atomic E-state index is 12.0. The first kappa shape index (κ1) is 17.0. The molecule has 0 radical (unpaired) electrons. The summed E-state index contributed by atoms with van der Waals surface area (Å²) in [7, 11) is -9.15. The fourth-order valence-corrected chi connectivity index (χ4v) is 3.54. The minimum Gasteiger partial charge on any atom is -0.362 e. The van der Waals surface area contributed by atoms with Crippen LogP contribution in [0.2, 0.25) is 0 Å². The minimum atomic E-state index is -6.14. The van der Waals surface area contributed by atoms with Crippen molar-refractivity contribution in [3.05, 3.63) is 12.4 Å². The summed E-state index contributed by atoms with van der Waals surface area (Å²) >= 11 is 0. The highest BCUT2D eigenvalue weighted by Crippen LogP contribution is 2.26. The highest BCUT2D eigenvalue weighted by molar-refractivity contribution is 8.00. The van der Waals surface area contributed by atoms with E-state index in [0.717, 1.165) is 0 Å². The number of halogens is 3. The lowest BCUT2D eigenvalue weighted by molar-refractivity contribution is -0.0498. The lowest BCUT2D eigenvalue weighted by Crippen LogP contribution is -2.30.